The Hall–Kier alpha value is -1.06. The van der Waals surface area contributed by atoms with Crippen LogP contribution in [0.5, 0.6) is 0 Å². The lowest BCUT2D eigenvalue weighted by atomic mass is 9.79. The maximum absolute atomic E-state index is 5.57. The van der Waals surface area contributed by atoms with E-state index in [1.54, 1.807) is 0 Å². The molecule has 1 aromatic rings. The summed E-state index contributed by atoms with van der Waals surface area (Å²) in [7, 11) is 2.20. The van der Waals surface area contributed by atoms with Crippen molar-refractivity contribution in [3.8, 4) is 0 Å². The molecule has 1 saturated heterocycles. The third-order valence-corrected chi connectivity index (χ3v) is 4.21. The molecule has 2 rings (SSSR count). The number of anilines is 1. The fourth-order valence-electron chi connectivity index (χ4n) is 2.89. The first kappa shape index (κ1) is 15.3. The number of nitrogens with zero attached hydrogens (tertiary/aromatic N) is 1. The second-order valence-electron chi connectivity index (χ2n) is 6.34. The zero-order valence-electron chi connectivity index (χ0n) is 13.1. The third-order valence-electron chi connectivity index (χ3n) is 4.21. The summed E-state index contributed by atoms with van der Waals surface area (Å²) in [5.74, 6) is 0. The maximum atomic E-state index is 5.57. The van der Waals surface area contributed by atoms with Crippen LogP contribution in [0, 0.1) is 5.41 Å². The minimum atomic E-state index is 0.326. The first-order valence-electron chi connectivity index (χ1n) is 7.69. The average Bonchev–Trinajstić information content (AvgIpc) is 2.47. The van der Waals surface area contributed by atoms with Crippen LogP contribution in [0.25, 0.3) is 0 Å². The van der Waals surface area contributed by atoms with Gasteiger partial charge in [0.15, 0.2) is 0 Å². The number of para-hydroxylation sites is 1. The third kappa shape index (κ3) is 4.22. The van der Waals surface area contributed by atoms with Crippen LogP contribution in [0.15, 0.2) is 30.3 Å². The van der Waals surface area contributed by atoms with Crippen molar-refractivity contribution in [2.75, 3.05) is 38.3 Å². The van der Waals surface area contributed by atoms with Crippen molar-refractivity contribution in [3.05, 3.63) is 30.3 Å². The highest BCUT2D eigenvalue weighted by Gasteiger charge is 2.33. The molecule has 0 atom stereocenters. The van der Waals surface area contributed by atoms with Gasteiger partial charge in [-0.25, -0.2) is 0 Å². The largest absolute Gasteiger partial charge is 0.381 e. The van der Waals surface area contributed by atoms with Gasteiger partial charge in [-0.1, -0.05) is 32.0 Å². The van der Waals surface area contributed by atoms with Crippen LogP contribution in [0.2, 0.25) is 0 Å². The molecule has 0 unspecified atom stereocenters. The number of nitrogens with one attached hydrogen (secondary N) is 1. The molecule has 0 aromatic heterocycles. The summed E-state index contributed by atoms with van der Waals surface area (Å²) in [4.78, 5) is 2.38. The summed E-state index contributed by atoms with van der Waals surface area (Å²) < 4.78 is 5.57. The Kier molecular flexibility index (Phi) is 5.44. The van der Waals surface area contributed by atoms with Crippen molar-refractivity contribution in [1.29, 1.82) is 0 Å². The Morgan fingerprint density at radius 1 is 1.20 bits per heavy atom. The predicted molar refractivity (Wildman–Crippen MR) is 85.3 cm³/mol. The van der Waals surface area contributed by atoms with Gasteiger partial charge in [0, 0.05) is 50.5 Å². The molecule has 1 aliphatic rings. The van der Waals surface area contributed by atoms with E-state index < -0.39 is 0 Å². The van der Waals surface area contributed by atoms with Crippen molar-refractivity contribution in [3.63, 3.8) is 0 Å². The number of benzene rings is 1. The monoisotopic (exact) mass is 276 g/mol. The van der Waals surface area contributed by atoms with Gasteiger partial charge in [-0.05, 0) is 25.0 Å². The maximum Gasteiger partial charge on any atom is 0.0472 e. The summed E-state index contributed by atoms with van der Waals surface area (Å²) in [6.45, 7) is 8.37. The van der Waals surface area contributed by atoms with E-state index in [2.05, 4.69) is 61.4 Å². The van der Waals surface area contributed by atoms with Gasteiger partial charge in [-0.3, -0.25) is 0 Å². The molecule has 3 heteroatoms. The summed E-state index contributed by atoms with van der Waals surface area (Å²) >= 11 is 0. The first-order valence-corrected chi connectivity index (χ1v) is 7.69. The highest BCUT2D eigenvalue weighted by Crippen LogP contribution is 2.32. The molecule has 1 fully saturated rings. The average molecular weight is 276 g/mol. The van der Waals surface area contributed by atoms with Crippen molar-refractivity contribution in [1.82, 2.24) is 5.32 Å². The summed E-state index contributed by atoms with van der Waals surface area (Å²) in [6, 6.07) is 11.2. The lowest BCUT2D eigenvalue weighted by Crippen LogP contribution is -2.47. The molecule has 1 N–H and O–H groups in total. The number of hydrogen-bond donors (Lipinski definition) is 1. The highest BCUT2D eigenvalue weighted by molar-refractivity contribution is 5.45. The fourth-order valence-corrected chi connectivity index (χ4v) is 2.89. The topological polar surface area (TPSA) is 24.5 Å². The van der Waals surface area contributed by atoms with Crippen LogP contribution in [0.3, 0.4) is 0 Å². The second kappa shape index (κ2) is 7.09. The summed E-state index contributed by atoms with van der Waals surface area (Å²) in [5.41, 5.74) is 1.62. The molecule has 0 bridgehead atoms. The minimum absolute atomic E-state index is 0.326. The normalized spacial score (nSPS) is 18.2. The van der Waals surface area contributed by atoms with Crippen LogP contribution in [-0.4, -0.2) is 39.4 Å². The zero-order chi connectivity index (χ0) is 14.4. The molecular weight excluding hydrogens is 248 g/mol. The fraction of sp³-hybridized carbons (Fsp3) is 0.647. The highest BCUT2D eigenvalue weighted by atomic mass is 16.5. The van der Waals surface area contributed by atoms with Gasteiger partial charge in [0.2, 0.25) is 0 Å². The second-order valence-corrected chi connectivity index (χ2v) is 6.34. The summed E-state index contributed by atoms with van der Waals surface area (Å²) in [6.07, 6.45) is 2.29. The molecule has 1 heterocycles. The van der Waals surface area contributed by atoms with E-state index in [-0.39, 0.29) is 0 Å². The Balaban J connectivity index is 2.03. The van der Waals surface area contributed by atoms with Crippen LogP contribution < -0.4 is 10.2 Å². The molecule has 0 amide bonds. The first-order chi connectivity index (χ1) is 9.61. The number of ether oxygens (including phenoxy) is 1. The molecule has 1 aromatic carbocycles. The van der Waals surface area contributed by atoms with Gasteiger partial charge in [-0.15, -0.1) is 0 Å². The van der Waals surface area contributed by atoms with Gasteiger partial charge < -0.3 is 15.0 Å². The van der Waals surface area contributed by atoms with Crippen molar-refractivity contribution in [2.45, 2.75) is 32.7 Å². The summed E-state index contributed by atoms with van der Waals surface area (Å²) in [5, 5.41) is 3.63. The van der Waals surface area contributed by atoms with Gasteiger partial charge in [0.05, 0.1) is 0 Å². The van der Waals surface area contributed by atoms with E-state index in [1.807, 2.05) is 0 Å². The van der Waals surface area contributed by atoms with E-state index in [9.17, 15) is 0 Å². The van der Waals surface area contributed by atoms with Crippen molar-refractivity contribution in [2.24, 2.45) is 5.41 Å². The zero-order valence-corrected chi connectivity index (χ0v) is 13.1. The number of hydrogen-bond acceptors (Lipinski definition) is 3. The SMILES string of the molecule is CC(C)NCC1(CN(C)c2ccccc2)CCOCC1. The Morgan fingerprint density at radius 3 is 2.45 bits per heavy atom. The standard InChI is InChI=1S/C17H28N2O/c1-15(2)18-13-17(9-11-20-12-10-17)14-19(3)16-7-5-4-6-8-16/h4-8,15,18H,9-14H2,1-3H3. The van der Waals surface area contributed by atoms with Crippen molar-refractivity contribution < 1.29 is 4.74 Å². The van der Waals surface area contributed by atoms with Crippen LogP contribution in [0.1, 0.15) is 26.7 Å². The Labute approximate surface area is 123 Å². The van der Waals surface area contributed by atoms with Gasteiger partial charge in [-0.2, -0.15) is 0 Å². The van der Waals surface area contributed by atoms with Gasteiger partial charge in [0.25, 0.3) is 0 Å². The molecule has 0 radical (unpaired) electrons. The Morgan fingerprint density at radius 2 is 1.85 bits per heavy atom. The molecule has 112 valence electrons. The molecule has 20 heavy (non-hydrogen) atoms. The predicted octanol–water partition coefficient (Wildman–Crippen LogP) is 2.92. The van der Waals surface area contributed by atoms with E-state index in [0.29, 0.717) is 11.5 Å². The van der Waals surface area contributed by atoms with E-state index in [0.717, 1.165) is 39.1 Å². The quantitative estimate of drug-likeness (QED) is 0.864. The molecule has 0 aliphatic carbocycles. The van der Waals surface area contributed by atoms with Gasteiger partial charge in [0.1, 0.15) is 0 Å². The van der Waals surface area contributed by atoms with Crippen molar-refractivity contribution >= 4 is 5.69 Å². The molecule has 0 spiro atoms. The number of rotatable bonds is 6. The molecular formula is C17H28N2O. The van der Waals surface area contributed by atoms with Gasteiger partial charge >= 0.3 is 0 Å². The van der Waals surface area contributed by atoms with Crippen LogP contribution >= 0.6 is 0 Å². The lowest BCUT2D eigenvalue weighted by Gasteiger charge is -2.41. The smallest absolute Gasteiger partial charge is 0.0472 e. The van der Waals surface area contributed by atoms with Crippen LogP contribution in [-0.2, 0) is 4.74 Å². The van der Waals surface area contributed by atoms with E-state index >= 15 is 0 Å². The molecule has 1 aliphatic heterocycles. The van der Waals surface area contributed by atoms with E-state index in [4.69, 9.17) is 4.74 Å². The molecule has 0 saturated carbocycles. The van der Waals surface area contributed by atoms with E-state index in [1.165, 1.54) is 5.69 Å². The molecule has 3 nitrogen and oxygen atoms in total. The lowest BCUT2D eigenvalue weighted by molar-refractivity contribution is 0.0179. The van der Waals surface area contributed by atoms with Crippen LogP contribution in [0.4, 0.5) is 5.69 Å². The minimum Gasteiger partial charge on any atom is -0.381 e. The Bertz CT molecular complexity index is 385.